The van der Waals surface area contributed by atoms with Crippen molar-refractivity contribution in [2.75, 3.05) is 19.5 Å². The predicted molar refractivity (Wildman–Crippen MR) is 80.5 cm³/mol. The fraction of sp³-hybridized carbons (Fsp3) is 0.385. The number of nitrogen functional groups attached to an aromatic ring is 1. The van der Waals surface area contributed by atoms with E-state index in [1.165, 1.54) is 0 Å². The number of hydrogen-bond acceptors (Lipinski definition) is 8. The van der Waals surface area contributed by atoms with Gasteiger partial charge in [0.1, 0.15) is 5.52 Å². The highest BCUT2D eigenvalue weighted by molar-refractivity contribution is 6.33. The van der Waals surface area contributed by atoms with E-state index in [0.29, 0.717) is 11.2 Å². The molecule has 0 fully saturated rings. The van der Waals surface area contributed by atoms with E-state index in [1.54, 1.807) is 6.33 Å². The first-order valence-electron chi connectivity index (χ1n) is 6.66. The average Bonchev–Trinajstić information content (AvgIpc) is 3.13. The zero-order valence-corrected chi connectivity index (χ0v) is 13.0. The molecule has 10 heteroatoms. The average molecular weight is 341 g/mol. The van der Waals surface area contributed by atoms with Crippen molar-refractivity contribution in [3.63, 3.8) is 0 Å². The van der Waals surface area contributed by atoms with Crippen molar-refractivity contribution in [3.05, 3.63) is 23.6 Å². The lowest BCUT2D eigenvalue weighted by Gasteiger charge is -2.12. The minimum absolute atomic E-state index is 0.123. The summed E-state index contributed by atoms with van der Waals surface area (Å²) in [5.41, 5.74) is 6.77. The minimum Gasteiger partial charge on any atom is -0.553 e. The molecule has 0 aliphatic heterocycles. The van der Waals surface area contributed by atoms with Gasteiger partial charge in [0.2, 0.25) is 5.95 Å². The van der Waals surface area contributed by atoms with E-state index < -0.39 is 6.16 Å². The van der Waals surface area contributed by atoms with E-state index in [1.807, 2.05) is 16.7 Å². The topological polar surface area (TPSA) is 139 Å². The zero-order valence-electron chi connectivity index (χ0n) is 12.2. The summed E-state index contributed by atoms with van der Waals surface area (Å²) in [5.74, 6) is 0.317. The van der Waals surface area contributed by atoms with Gasteiger partial charge in [0.15, 0.2) is 10.8 Å². The van der Waals surface area contributed by atoms with E-state index in [2.05, 4.69) is 19.7 Å². The van der Waals surface area contributed by atoms with Crippen LogP contribution in [-0.4, -0.2) is 44.5 Å². The quantitative estimate of drug-likeness (QED) is 0.447. The maximum Gasteiger partial charge on any atom is 0.251 e. The first-order chi connectivity index (χ1) is 11.0. The minimum atomic E-state index is -1.50. The predicted octanol–water partition coefficient (Wildman–Crippen LogP) is 0.147. The summed E-state index contributed by atoms with van der Waals surface area (Å²) in [5, 5.41) is 18.4. The molecule has 0 radical (unpaired) electrons. The Labute approximate surface area is 136 Å². The summed E-state index contributed by atoms with van der Waals surface area (Å²) >= 11 is 5.97. The van der Waals surface area contributed by atoms with Crippen LogP contribution in [0.1, 0.15) is 12.5 Å². The number of fused-ring (bicyclic) bond motifs is 1. The van der Waals surface area contributed by atoms with Crippen LogP contribution in [0.4, 0.5) is 10.7 Å². The Morgan fingerprint density at radius 1 is 1.57 bits per heavy atom. The molecule has 2 aromatic heterocycles. The number of hydrogen-bond donors (Lipinski definition) is 2. The molecule has 9 nitrogen and oxygen atoms in total. The number of carbonyl (C=O) groups excluding carboxylic acids is 1. The van der Waals surface area contributed by atoms with Crippen LogP contribution in [-0.2, 0) is 4.74 Å². The highest BCUT2D eigenvalue weighted by Crippen LogP contribution is 2.30. The van der Waals surface area contributed by atoms with Crippen molar-refractivity contribution in [1.29, 1.82) is 0 Å². The zero-order chi connectivity index (χ0) is 17.0. The highest BCUT2D eigenvalue weighted by Gasteiger charge is 2.22. The van der Waals surface area contributed by atoms with Gasteiger partial charge in [-0.2, -0.15) is 9.97 Å². The number of aromatic nitrogens is 4. The molecular formula is C13H15ClN5O4-. The largest absolute Gasteiger partial charge is 0.553 e. The summed E-state index contributed by atoms with van der Waals surface area (Å²) in [7, 11) is 1.04. The molecule has 0 aromatic carbocycles. The first kappa shape index (κ1) is 17.0. The van der Waals surface area contributed by atoms with Crippen LogP contribution in [0.15, 0.2) is 18.5 Å². The number of aliphatic hydroxyl groups is 1. The Hall–Kier alpha value is -2.39. The molecule has 1 aliphatic rings. The van der Waals surface area contributed by atoms with Gasteiger partial charge in [-0.3, -0.25) is 0 Å². The van der Waals surface area contributed by atoms with E-state index in [9.17, 15) is 0 Å². The molecule has 1 aliphatic carbocycles. The summed E-state index contributed by atoms with van der Waals surface area (Å²) in [6.45, 7) is 0.150. The second-order valence-electron chi connectivity index (χ2n) is 4.78. The van der Waals surface area contributed by atoms with Crippen molar-refractivity contribution in [2.24, 2.45) is 5.92 Å². The van der Waals surface area contributed by atoms with Gasteiger partial charge < -0.3 is 30.0 Å². The number of nitrogens with two attached hydrogens (primary N) is 1. The maximum absolute atomic E-state index is 9.14. The molecule has 0 spiro atoms. The lowest BCUT2D eigenvalue weighted by Crippen LogP contribution is -2.21. The molecule has 0 amide bonds. The van der Waals surface area contributed by atoms with Gasteiger partial charge >= 0.3 is 0 Å². The molecule has 2 atom stereocenters. The number of anilines is 1. The third-order valence-electron chi connectivity index (χ3n) is 3.30. The van der Waals surface area contributed by atoms with Gasteiger partial charge in [0.25, 0.3) is 6.16 Å². The number of carboxylic acid groups (broad SMARTS) is 1. The number of aliphatic hydroxyl groups excluding tert-OH is 1. The van der Waals surface area contributed by atoms with E-state index in [-0.39, 0.29) is 29.7 Å². The normalized spacial score (nSPS) is 19.4. The molecule has 0 bridgehead atoms. The third-order valence-corrected chi connectivity index (χ3v) is 3.57. The molecule has 3 N–H and O–H groups in total. The van der Waals surface area contributed by atoms with Crippen LogP contribution in [0.2, 0.25) is 5.15 Å². The van der Waals surface area contributed by atoms with E-state index in [0.717, 1.165) is 13.5 Å². The molecule has 23 heavy (non-hydrogen) atoms. The third kappa shape index (κ3) is 3.88. The van der Waals surface area contributed by atoms with Crippen LogP contribution in [0.25, 0.3) is 11.2 Å². The Kier molecular flexibility index (Phi) is 5.35. The number of halogens is 1. The fourth-order valence-electron chi connectivity index (χ4n) is 2.23. The number of carbonyl (C=O) groups is 1. The molecule has 2 aromatic rings. The Morgan fingerprint density at radius 2 is 2.26 bits per heavy atom. The number of allylic oxidation sites excluding steroid dienone is 1. The summed E-state index contributed by atoms with van der Waals surface area (Å²) in [6, 6.07) is 0.123. The Bertz CT molecular complexity index is 732. The van der Waals surface area contributed by atoms with E-state index in [4.69, 9.17) is 32.3 Å². The smallest absolute Gasteiger partial charge is 0.251 e. The number of rotatable bonds is 2. The molecule has 2 heterocycles. The van der Waals surface area contributed by atoms with Gasteiger partial charge in [-0.15, -0.1) is 0 Å². The molecular weight excluding hydrogens is 326 g/mol. The van der Waals surface area contributed by atoms with Crippen molar-refractivity contribution >= 4 is 34.9 Å². The number of methoxy groups -OCH3 is 1. The fourth-order valence-corrected chi connectivity index (χ4v) is 2.45. The van der Waals surface area contributed by atoms with Crippen LogP contribution < -0.4 is 10.8 Å². The Morgan fingerprint density at radius 3 is 2.83 bits per heavy atom. The van der Waals surface area contributed by atoms with Crippen LogP contribution in [0.5, 0.6) is 0 Å². The van der Waals surface area contributed by atoms with Crippen LogP contribution in [0.3, 0.4) is 0 Å². The highest BCUT2D eigenvalue weighted by atomic mass is 35.5. The molecule has 124 valence electrons. The Balaban J connectivity index is 0.000000338. The summed E-state index contributed by atoms with van der Waals surface area (Å²) in [6.07, 6.45) is 5.05. The molecule has 0 saturated heterocycles. The summed E-state index contributed by atoms with van der Waals surface area (Å²) in [4.78, 5) is 21.3. The lowest BCUT2D eigenvalue weighted by molar-refractivity contribution is -0.279. The number of ether oxygens (including phenoxy) is 1. The SMILES string of the molecule is COC(=O)[O-].Nc1nc(Cl)c2ncn(C3C=CC(CO)C3)c2n1. The van der Waals surface area contributed by atoms with Crippen LogP contribution in [0, 0.1) is 5.92 Å². The maximum atomic E-state index is 9.14. The molecule has 0 saturated carbocycles. The van der Waals surface area contributed by atoms with E-state index >= 15 is 0 Å². The monoisotopic (exact) mass is 340 g/mol. The van der Waals surface area contributed by atoms with Crippen molar-refractivity contribution in [1.82, 2.24) is 19.5 Å². The van der Waals surface area contributed by atoms with Crippen LogP contribution >= 0.6 is 11.6 Å². The van der Waals surface area contributed by atoms with Crippen molar-refractivity contribution in [3.8, 4) is 0 Å². The van der Waals surface area contributed by atoms with Gasteiger partial charge in [-0.05, 0) is 6.42 Å². The number of imidazole rings is 1. The van der Waals surface area contributed by atoms with Gasteiger partial charge in [0.05, 0.1) is 12.4 Å². The standard InChI is InChI=1S/C11H12ClN5O.C2H4O3/c12-9-8-10(16-11(13)15-9)17(5-14-8)7-2-1-6(3-7)4-18;1-5-2(3)4/h1-2,5-7,18H,3-4H2,(H2,13,15,16);1H3,(H,3,4)/p-1. The molecule has 3 rings (SSSR count). The van der Waals surface area contributed by atoms with Gasteiger partial charge in [0, 0.05) is 19.6 Å². The first-order valence-corrected chi connectivity index (χ1v) is 7.03. The van der Waals surface area contributed by atoms with Crippen molar-refractivity contribution < 1.29 is 19.7 Å². The second kappa shape index (κ2) is 7.25. The second-order valence-corrected chi connectivity index (χ2v) is 5.14. The lowest BCUT2D eigenvalue weighted by atomic mass is 10.1. The molecule has 2 unspecified atom stereocenters. The summed E-state index contributed by atoms with van der Waals surface area (Å²) < 4.78 is 5.46. The van der Waals surface area contributed by atoms with Crippen molar-refractivity contribution in [2.45, 2.75) is 12.5 Å². The van der Waals surface area contributed by atoms with Gasteiger partial charge in [-0.1, -0.05) is 23.8 Å². The van der Waals surface area contributed by atoms with Gasteiger partial charge in [-0.25, -0.2) is 4.98 Å². The number of nitrogens with zero attached hydrogens (tertiary/aromatic N) is 4.